The number of nitrogens with zero attached hydrogens (tertiary/aromatic N) is 1. The third-order valence-electron chi connectivity index (χ3n) is 4.01. The van der Waals surface area contributed by atoms with Crippen LogP contribution in [0.1, 0.15) is 36.0 Å². The van der Waals surface area contributed by atoms with E-state index in [9.17, 15) is 4.79 Å². The molecule has 4 nitrogen and oxygen atoms in total. The first kappa shape index (κ1) is 12.3. The van der Waals surface area contributed by atoms with Gasteiger partial charge in [-0.1, -0.05) is 0 Å². The first-order valence-corrected chi connectivity index (χ1v) is 7.08. The van der Waals surface area contributed by atoms with Crippen LogP contribution in [-0.4, -0.2) is 19.0 Å². The molecule has 4 N–H and O–H groups in total. The second-order valence-corrected chi connectivity index (χ2v) is 5.93. The van der Waals surface area contributed by atoms with Gasteiger partial charge < -0.3 is 16.4 Å². The topological polar surface area (TPSA) is 72.3 Å². The second-order valence-electron chi connectivity index (χ2n) is 5.93. The highest BCUT2D eigenvalue weighted by Crippen LogP contribution is 2.37. The highest BCUT2D eigenvalue weighted by atomic mass is 16.1. The zero-order valence-electron chi connectivity index (χ0n) is 11.1. The maximum absolute atomic E-state index is 11.3. The molecule has 2 saturated carbocycles. The SMILES string of the molecule is NC(=O)c1ccc(N)c(N(CC2CC2)CC2CC2)c1. The zero-order valence-corrected chi connectivity index (χ0v) is 11.1. The lowest BCUT2D eigenvalue weighted by Crippen LogP contribution is -2.29. The molecule has 4 heteroatoms. The van der Waals surface area contributed by atoms with Crippen LogP contribution in [0.15, 0.2) is 18.2 Å². The summed E-state index contributed by atoms with van der Waals surface area (Å²) >= 11 is 0. The van der Waals surface area contributed by atoms with Crippen LogP contribution in [-0.2, 0) is 0 Å². The molecule has 2 aliphatic rings. The number of amides is 1. The molecule has 0 spiro atoms. The third-order valence-corrected chi connectivity index (χ3v) is 4.01. The minimum atomic E-state index is -0.390. The van der Waals surface area contributed by atoms with Crippen LogP contribution in [0.4, 0.5) is 11.4 Å². The summed E-state index contributed by atoms with van der Waals surface area (Å²) in [6, 6.07) is 5.35. The Hall–Kier alpha value is -1.71. The first-order valence-electron chi connectivity index (χ1n) is 7.08. The average molecular weight is 259 g/mol. The molecular formula is C15H21N3O. The van der Waals surface area contributed by atoms with Gasteiger partial charge in [-0.15, -0.1) is 0 Å². The maximum atomic E-state index is 11.3. The van der Waals surface area contributed by atoms with Crippen molar-refractivity contribution in [2.45, 2.75) is 25.7 Å². The van der Waals surface area contributed by atoms with Gasteiger partial charge in [0.15, 0.2) is 0 Å². The Morgan fingerprint density at radius 3 is 2.21 bits per heavy atom. The van der Waals surface area contributed by atoms with Crippen LogP contribution in [0.3, 0.4) is 0 Å². The molecule has 2 aliphatic carbocycles. The third kappa shape index (κ3) is 3.00. The monoisotopic (exact) mass is 259 g/mol. The molecule has 1 aromatic carbocycles. The summed E-state index contributed by atoms with van der Waals surface area (Å²) < 4.78 is 0. The Morgan fingerprint density at radius 2 is 1.74 bits per heavy atom. The molecule has 0 bridgehead atoms. The van der Waals surface area contributed by atoms with E-state index in [4.69, 9.17) is 11.5 Å². The van der Waals surface area contributed by atoms with Gasteiger partial charge in [0.1, 0.15) is 0 Å². The lowest BCUT2D eigenvalue weighted by molar-refractivity contribution is 0.100. The van der Waals surface area contributed by atoms with Gasteiger partial charge in [-0.3, -0.25) is 4.79 Å². The smallest absolute Gasteiger partial charge is 0.248 e. The first-order chi connectivity index (χ1) is 9.13. The van der Waals surface area contributed by atoms with Crippen LogP contribution in [0.2, 0.25) is 0 Å². The number of primary amides is 1. The quantitative estimate of drug-likeness (QED) is 0.767. The molecule has 19 heavy (non-hydrogen) atoms. The van der Waals surface area contributed by atoms with E-state index in [1.165, 1.54) is 25.7 Å². The second kappa shape index (κ2) is 4.76. The van der Waals surface area contributed by atoms with Crippen molar-refractivity contribution in [1.82, 2.24) is 0 Å². The molecule has 0 heterocycles. The normalized spacial score (nSPS) is 18.3. The summed E-state index contributed by atoms with van der Waals surface area (Å²) in [5.74, 6) is 1.21. The molecule has 3 rings (SSSR count). The minimum Gasteiger partial charge on any atom is -0.397 e. The Bertz CT molecular complexity index is 478. The highest BCUT2D eigenvalue weighted by molar-refractivity contribution is 5.95. The number of nitrogens with two attached hydrogens (primary N) is 2. The number of carbonyl (C=O) groups is 1. The van der Waals surface area contributed by atoms with E-state index < -0.39 is 0 Å². The molecule has 1 aromatic rings. The molecule has 2 fully saturated rings. The molecule has 0 radical (unpaired) electrons. The van der Waals surface area contributed by atoms with Gasteiger partial charge >= 0.3 is 0 Å². The molecule has 1 amide bonds. The molecule has 102 valence electrons. The summed E-state index contributed by atoms with van der Waals surface area (Å²) in [7, 11) is 0. The van der Waals surface area contributed by atoms with Crippen LogP contribution < -0.4 is 16.4 Å². The van der Waals surface area contributed by atoms with Gasteiger partial charge in [0.2, 0.25) is 5.91 Å². The van der Waals surface area contributed by atoms with Gasteiger partial charge in [0, 0.05) is 18.7 Å². The van der Waals surface area contributed by atoms with Crippen LogP contribution in [0.5, 0.6) is 0 Å². The van der Waals surface area contributed by atoms with Crippen molar-refractivity contribution in [2.24, 2.45) is 17.6 Å². The van der Waals surface area contributed by atoms with E-state index in [-0.39, 0.29) is 5.91 Å². The minimum absolute atomic E-state index is 0.390. The molecule has 0 unspecified atom stereocenters. The molecule has 0 saturated heterocycles. The van der Waals surface area contributed by atoms with Crippen molar-refractivity contribution in [2.75, 3.05) is 23.7 Å². The summed E-state index contributed by atoms with van der Waals surface area (Å²) in [5.41, 5.74) is 13.7. The van der Waals surface area contributed by atoms with Crippen molar-refractivity contribution >= 4 is 17.3 Å². The molecular weight excluding hydrogens is 238 g/mol. The van der Waals surface area contributed by atoms with E-state index >= 15 is 0 Å². The lowest BCUT2D eigenvalue weighted by atomic mass is 10.1. The van der Waals surface area contributed by atoms with Crippen LogP contribution >= 0.6 is 0 Å². The van der Waals surface area contributed by atoms with Crippen molar-refractivity contribution in [3.8, 4) is 0 Å². The van der Waals surface area contributed by atoms with Crippen LogP contribution in [0.25, 0.3) is 0 Å². The number of anilines is 2. The summed E-state index contributed by atoms with van der Waals surface area (Å²) in [5, 5.41) is 0. The summed E-state index contributed by atoms with van der Waals surface area (Å²) in [6.07, 6.45) is 5.26. The summed E-state index contributed by atoms with van der Waals surface area (Å²) in [4.78, 5) is 13.7. The Labute approximate surface area is 113 Å². The number of hydrogen-bond donors (Lipinski definition) is 2. The number of hydrogen-bond acceptors (Lipinski definition) is 3. The fourth-order valence-electron chi connectivity index (χ4n) is 2.47. The van der Waals surface area contributed by atoms with E-state index in [1.54, 1.807) is 12.1 Å². The number of carbonyl (C=O) groups excluding carboxylic acids is 1. The highest BCUT2D eigenvalue weighted by Gasteiger charge is 2.30. The predicted octanol–water partition coefficient (Wildman–Crippen LogP) is 1.99. The number of benzene rings is 1. The van der Waals surface area contributed by atoms with Gasteiger partial charge in [-0.05, 0) is 55.7 Å². The molecule has 0 atom stereocenters. The standard InChI is InChI=1S/C15H21N3O/c16-13-6-5-12(15(17)19)7-14(13)18(8-10-1-2-10)9-11-3-4-11/h5-7,10-11H,1-4,8-9,16H2,(H2,17,19). The van der Waals surface area contributed by atoms with E-state index in [1.807, 2.05) is 6.07 Å². The predicted molar refractivity (Wildman–Crippen MR) is 77.0 cm³/mol. The Kier molecular flexibility index (Phi) is 3.09. The van der Waals surface area contributed by atoms with Crippen molar-refractivity contribution in [1.29, 1.82) is 0 Å². The number of nitrogen functional groups attached to an aromatic ring is 1. The van der Waals surface area contributed by atoms with Gasteiger partial charge in [0.25, 0.3) is 0 Å². The summed E-state index contributed by atoms with van der Waals surface area (Å²) in [6.45, 7) is 2.12. The fraction of sp³-hybridized carbons (Fsp3) is 0.533. The molecule has 0 aliphatic heterocycles. The van der Waals surface area contributed by atoms with Crippen molar-refractivity contribution in [3.05, 3.63) is 23.8 Å². The van der Waals surface area contributed by atoms with E-state index in [0.29, 0.717) is 5.56 Å². The Morgan fingerprint density at radius 1 is 1.16 bits per heavy atom. The van der Waals surface area contributed by atoms with E-state index in [0.717, 1.165) is 36.3 Å². The zero-order chi connectivity index (χ0) is 13.4. The number of rotatable bonds is 6. The van der Waals surface area contributed by atoms with Crippen molar-refractivity contribution in [3.63, 3.8) is 0 Å². The van der Waals surface area contributed by atoms with Gasteiger partial charge in [0.05, 0.1) is 11.4 Å². The Balaban J connectivity index is 1.85. The maximum Gasteiger partial charge on any atom is 0.248 e. The van der Waals surface area contributed by atoms with Crippen molar-refractivity contribution < 1.29 is 4.79 Å². The van der Waals surface area contributed by atoms with Crippen LogP contribution in [0, 0.1) is 11.8 Å². The van der Waals surface area contributed by atoms with Gasteiger partial charge in [-0.2, -0.15) is 0 Å². The lowest BCUT2D eigenvalue weighted by Gasteiger charge is -2.26. The fourth-order valence-corrected chi connectivity index (χ4v) is 2.47. The van der Waals surface area contributed by atoms with E-state index in [2.05, 4.69) is 4.90 Å². The van der Waals surface area contributed by atoms with Gasteiger partial charge in [-0.25, -0.2) is 0 Å². The average Bonchev–Trinajstić information content (AvgIpc) is 3.23. The largest absolute Gasteiger partial charge is 0.397 e. The molecule has 0 aromatic heterocycles.